The highest BCUT2D eigenvalue weighted by atomic mass is 127. The molecule has 0 N–H and O–H groups in total. The lowest BCUT2D eigenvalue weighted by Crippen LogP contribution is -2.40. The number of allylic oxidation sites excluding steroid dienone is 1. The Bertz CT molecular complexity index is 2050. The molecule has 246 valence electrons. The second-order valence-corrected chi connectivity index (χ2v) is 12.6. The Labute approximate surface area is 289 Å². The van der Waals surface area contributed by atoms with Gasteiger partial charge in [-0.2, -0.15) is 0 Å². The van der Waals surface area contributed by atoms with Crippen LogP contribution in [0.25, 0.3) is 16.8 Å². The van der Waals surface area contributed by atoms with Gasteiger partial charge >= 0.3 is 11.9 Å². The SMILES string of the molecule is CCCC1=C(C(=O)OCC)[C@@H](c2c(OC)ccc3ccccc23)n2c(s/c(=C\c3cc(I)c(OCC(=O)OCC)c(OC)c3)c2=O)=N1. The number of thiazole rings is 1. The van der Waals surface area contributed by atoms with Crippen molar-refractivity contribution in [2.45, 2.75) is 39.7 Å². The molecular weight excluding hydrogens is 735 g/mol. The highest BCUT2D eigenvalue weighted by Crippen LogP contribution is 2.41. The zero-order chi connectivity index (χ0) is 33.7. The number of carbonyl (C=O) groups is 2. The summed E-state index contributed by atoms with van der Waals surface area (Å²) >= 11 is 3.34. The van der Waals surface area contributed by atoms with E-state index in [2.05, 4.69) is 22.6 Å². The summed E-state index contributed by atoms with van der Waals surface area (Å²) in [5.41, 5.74) is 1.95. The van der Waals surface area contributed by atoms with Crippen LogP contribution in [0.2, 0.25) is 0 Å². The van der Waals surface area contributed by atoms with Crippen LogP contribution in [0.3, 0.4) is 0 Å². The molecule has 0 radical (unpaired) electrons. The van der Waals surface area contributed by atoms with Crippen molar-refractivity contribution in [1.29, 1.82) is 0 Å². The van der Waals surface area contributed by atoms with Gasteiger partial charge in [0.05, 0.1) is 46.8 Å². The van der Waals surface area contributed by atoms with E-state index in [0.29, 0.717) is 59.0 Å². The molecule has 3 aromatic carbocycles. The minimum Gasteiger partial charge on any atom is -0.496 e. The van der Waals surface area contributed by atoms with Gasteiger partial charge in [0.25, 0.3) is 5.56 Å². The monoisotopic (exact) mass is 770 g/mol. The van der Waals surface area contributed by atoms with Crippen molar-refractivity contribution in [2.24, 2.45) is 4.99 Å². The molecule has 0 bridgehead atoms. The number of halogens is 1. The summed E-state index contributed by atoms with van der Waals surface area (Å²) in [7, 11) is 3.08. The van der Waals surface area contributed by atoms with Crippen LogP contribution in [0.1, 0.15) is 50.8 Å². The molecule has 47 heavy (non-hydrogen) atoms. The molecule has 0 saturated carbocycles. The third-order valence-electron chi connectivity index (χ3n) is 7.51. The fourth-order valence-electron chi connectivity index (χ4n) is 5.58. The molecule has 0 unspecified atom stereocenters. The summed E-state index contributed by atoms with van der Waals surface area (Å²) in [5, 5.41) is 1.79. The molecule has 0 saturated heterocycles. The van der Waals surface area contributed by atoms with E-state index in [0.717, 1.165) is 17.2 Å². The maximum Gasteiger partial charge on any atom is 0.344 e. The number of benzene rings is 3. The van der Waals surface area contributed by atoms with Crippen molar-refractivity contribution in [3.63, 3.8) is 0 Å². The van der Waals surface area contributed by atoms with Crippen LogP contribution < -0.4 is 29.1 Å². The Hall–Kier alpha value is -4.17. The number of hydrogen-bond donors (Lipinski definition) is 0. The molecule has 0 fully saturated rings. The average Bonchev–Trinajstić information content (AvgIpc) is 3.37. The van der Waals surface area contributed by atoms with Crippen LogP contribution in [0, 0.1) is 3.57 Å². The molecule has 1 aliphatic heterocycles. The minimum absolute atomic E-state index is 0.172. The summed E-state index contributed by atoms with van der Waals surface area (Å²) in [6, 6.07) is 14.3. The van der Waals surface area contributed by atoms with E-state index in [4.69, 9.17) is 28.7 Å². The van der Waals surface area contributed by atoms with Gasteiger partial charge in [-0.25, -0.2) is 14.6 Å². The van der Waals surface area contributed by atoms with Gasteiger partial charge in [-0.3, -0.25) is 9.36 Å². The van der Waals surface area contributed by atoms with Crippen molar-refractivity contribution in [1.82, 2.24) is 4.57 Å². The topological polar surface area (TPSA) is 115 Å². The lowest BCUT2D eigenvalue weighted by atomic mass is 9.90. The van der Waals surface area contributed by atoms with Crippen molar-refractivity contribution in [3.8, 4) is 17.2 Å². The molecule has 1 atom stereocenters. The van der Waals surface area contributed by atoms with Gasteiger partial charge in [-0.1, -0.05) is 55.0 Å². The molecule has 1 aromatic heterocycles. The predicted molar refractivity (Wildman–Crippen MR) is 188 cm³/mol. The first kappa shape index (κ1) is 34.2. The maximum absolute atomic E-state index is 14.4. The third kappa shape index (κ3) is 6.93. The molecule has 5 rings (SSSR count). The van der Waals surface area contributed by atoms with Crippen LogP contribution in [0.15, 0.2) is 69.6 Å². The van der Waals surface area contributed by atoms with E-state index in [1.54, 1.807) is 37.7 Å². The molecule has 0 aliphatic carbocycles. The van der Waals surface area contributed by atoms with Crippen LogP contribution in [0.4, 0.5) is 0 Å². The van der Waals surface area contributed by atoms with E-state index < -0.39 is 18.0 Å². The van der Waals surface area contributed by atoms with Gasteiger partial charge in [0.2, 0.25) is 0 Å². The number of hydrogen-bond acceptors (Lipinski definition) is 10. The lowest BCUT2D eigenvalue weighted by Gasteiger charge is -2.28. The zero-order valence-corrected chi connectivity index (χ0v) is 29.7. The number of esters is 2. The fraction of sp³-hybridized carbons (Fsp3) is 0.314. The molecule has 0 amide bonds. The number of carbonyl (C=O) groups excluding carboxylic acids is 2. The summed E-state index contributed by atoms with van der Waals surface area (Å²) < 4.78 is 30.4. The van der Waals surface area contributed by atoms with Crippen molar-refractivity contribution in [2.75, 3.05) is 34.0 Å². The molecule has 1 aliphatic rings. The van der Waals surface area contributed by atoms with Gasteiger partial charge < -0.3 is 23.7 Å². The van der Waals surface area contributed by atoms with Gasteiger partial charge in [0.1, 0.15) is 11.8 Å². The Morgan fingerprint density at radius 2 is 1.74 bits per heavy atom. The van der Waals surface area contributed by atoms with Gasteiger partial charge in [0.15, 0.2) is 22.9 Å². The molecule has 10 nitrogen and oxygen atoms in total. The number of methoxy groups -OCH3 is 2. The standard InChI is InChI=1S/C35H35IN2O8S/c1-6-11-24-30(34(41)45-8-3)31(29-22-13-10-9-12-21(22)14-15-25(29)42-4)38-33(40)27(47-35(38)37-24)18-20-16-23(36)32(26(17-20)43-5)46-19-28(39)44-7-2/h9-10,12-18,31H,6-8,11,19H2,1-5H3/b27-18-/t31-/m1/s1. The predicted octanol–water partition coefficient (Wildman–Crippen LogP) is 5.30. The van der Waals surface area contributed by atoms with E-state index in [1.807, 2.05) is 49.4 Å². The number of rotatable bonds is 12. The second kappa shape index (κ2) is 15.2. The number of nitrogens with zero attached hydrogens (tertiary/aromatic N) is 2. The Balaban J connectivity index is 1.74. The Morgan fingerprint density at radius 3 is 2.45 bits per heavy atom. The van der Waals surface area contributed by atoms with Gasteiger partial charge in [-0.05, 0) is 83.5 Å². The summed E-state index contributed by atoms with van der Waals surface area (Å²) in [6.07, 6.45) is 3.01. The molecular formula is C35H35IN2O8S. The van der Waals surface area contributed by atoms with Crippen molar-refractivity contribution >= 4 is 62.7 Å². The van der Waals surface area contributed by atoms with Crippen LogP contribution >= 0.6 is 33.9 Å². The summed E-state index contributed by atoms with van der Waals surface area (Å²) in [6.45, 7) is 5.66. The largest absolute Gasteiger partial charge is 0.496 e. The fourth-order valence-corrected chi connectivity index (χ4v) is 7.38. The number of fused-ring (bicyclic) bond motifs is 2. The minimum atomic E-state index is -0.844. The van der Waals surface area contributed by atoms with Crippen molar-refractivity contribution in [3.05, 3.63) is 94.2 Å². The molecule has 12 heteroatoms. The molecule has 0 spiro atoms. The van der Waals surface area contributed by atoms with Crippen LogP contribution in [-0.4, -0.2) is 50.5 Å². The summed E-state index contributed by atoms with van der Waals surface area (Å²) in [5.74, 6) is 0.323. The average molecular weight is 771 g/mol. The first-order valence-corrected chi connectivity index (χ1v) is 17.1. The lowest BCUT2D eigenvalue weighted by molar-refractivity contribution is -0.145. The van der Waals surface area contributed by atoms with Crippen LogP contribution in [-0.2, 0) is 19.1 Å². The molecule has 2 heterocycles. The Morgan fingerprint density at radius 1 is 1.00 bits per heavy atom. The number of aromatic nitrogens is 1. The van der Waals surface area contributed by atoms with E-state index in [1.165, 1.54) is 18.4 Å². The normalized spacial score (nSPS) is 14.4. The van der Waals surface area contributed by atoms with Gasteiger partial charge in [-0.15, -0.1) is 0 Å². The Kier molecular flexibility index (Phi) is 11.0. The van der Waals surface area contributed by atoms with Crippen molar-refractivity contribution < 1.29 is 33.3 Å². The second-order valence-electron chi connectivity index (χ2n) is 10.4. The van der Waals surface area contributed by atoms with Crippen LogP contribution in [0.5, 0.6) is 17.2 Å². The zero-order valence-electron chi connectivity index (χ0n) is 26.8. The summed E-state index contributed by atoms with van der Waals surface area (Å²) in [4.78, 5) is 45.4. The first-order valence-electron chi connectivity index (χ1n) is 15.2. The van der Waals surface area contributed by atoms with Gasteiger partial charge in [0, 0.05) is 5.56 Å². The van der Waals surface area contributed by atoms with E-state index in [-0.39, 0.29) is 25.4 Å². The number of ether oxygens (including phenoxy) is 5. The first-order chi connectivity index (χ1) is 22.8. The quantitative estimate of drug-likeness (QED) is 0.141. The smallest absolute Gasteiger partial charge is 0.344 e. The van der Waals surface area contributed by atoms with E-state index in [9.17, 15) is 14.4 Å². The molecule has 4 aromatic rings. The highest BCUT2D eigenvalue weighted by Gasteiger charge is 2.37. The third-order valence-corrected chi connectivity index (χ3v) is 9.29. The van der Waals surface area contributed by atoms with E-state index >= 15 is 0 Å². The maximum atomic E-state index is 14.4. The highest BCUT2D eigenvalue weighted by molar-refractivity contribution is 14.1.